The van der Waals surface area contributed by atoms with Crippen LogP contribution < -0.4 is 21.7 Å². The topological polar surface area (TPSA) is 154 Å². The standard InChI is InChI=1S/C15H24N4O5/c1-7(13(16)22)18-14(23)8-5-10(12(21)11(20)6-8)19-15(24)9-3-2-4-17-9/h5,7,9-12,17,20-21H,2-4,6H2,1H3,(H2,16,22)(H,18,23)(H,19,24)/t7-,9-,10-,11-,12-/m1/s1. The molecule has 0 spiro atoms. The van der Waals surface area contributed by atoms with Crippen molar-refractivity contribution in [2.75, 3.05) is 6.54 Å². The van der Waals surface area contributed by atoms with E-state index >= 15 is 0 Å². The number of nitrogens with two attached hydrogens (primary N) is 1. The first-order valence-corrected chi connectivity index (χ1v) is 8.00. The van der Waals surface area contributed by atoms with Crippen molar-refractivity contribution in [1.29, 1.82) is 0 Å². The Hall–Kier alpha value is -1.97. The first kappa shape index (κ1) is 18.4. The molecule has 2 rings (SSSR count). The van der Waals surface area contributed by atoms with Crippen LogP contribution in [0.4, 0.5) is 0 Å². The van der Waals surface area contributed by atoms with E-state index in [0.717, 1.165) is 13.0 Å². The first-order chi connectivity index (χ1) is 11.3. The number of amides is 3. The summed E-state index contributed by atoms with van der Waals surface area (Å²) < 4.78 is 0. The van der Waals surface area contributed by atoms with Gasteiger partial charge in [-0.3, -0.25) is 14.4 Å². The summed E-state index contributed by atoms with van der Waals surface area (Å²) in [5, 5.41) is 28.1. The molecular weight excluding hydrogens is 316 g/mol. The maximum Gasteiger partial charge on any atom is 0.247 e. The number of carbonyl (C=O) groups is 3. The monoisotopic (exact) mass is 340 g/mol. The van der Waals surface area contributed by atoms with Crippen molar-refractivity contribution in [1.82, 2.24) is 16.0 Å². The van der Waals surface area contributed by atoms with Crippen LogP contribution in [0.5, 0.6) is 0 Å². The Kier molecular flexibility index (Phi) is 5.92. The fourth-order valence-electron chi connectivity index (χ4n) is 2.80. The molecule has 0 saturated carbocycles. The highest BCUT2D eigenvalue weighted by Gasteiger charge is 2.35. The van der Waals surface area contributed by atoms with Crippen LogP contribution in [0.25, 0.3) is 0 Å². The van der Waals surface area contributed by atoms with E-state index in [1.54, 1.807) is 0 Å². The van der Waals surface area contributed by atoms with Crippen molar-refractivity contribution in [3.63, 3.8) is 0 Å². The number of hydrogen-bond donors (Lipinski definition) is 6. The highest BCUT2D eigenvalue weighted by Crippen LogP contribution is 2.20. The van der Waals surface area contributed by atoms with Crippen molar-refractivity contribution in [3.05, 3.63) is 11.6 Å². The number of rotatable bonds is 5. The number of aliphatic hydroxyl groups is 2. The summed E-state index contributed by atoms with van der Waals surface area (Å²) in [5.41, 5.74) is 5.29. The Morgan fingerprint density at radius 1 is 1.38 bits per heavy atom. The Labute approximate surface area is 139 Å². The summed E-state index contributed by atoms with van der Waals surface area (Å²) in [6.07, 6.45) is 0.522. The van der Waals surface area contributed by atoms with Gasteiger partial charge in [0.15, 0.2) is 0 Å². The van der Waals surface area contributed by atoms with E-state index in [1.165, 1.54) is 13.0 Å². The lowest BCUT2D eigenvalue weighted by atomic mass is 9.89. The van der Waals surface area contributed by atoms with Crippen molar-refractivity contribution < 1.29 is 24.6 Å². The largest absolute Gasteiger partial charge is 0.390 e. The van der Waals surface area contributed by atoms with E-state index in [1.807, 2.05) is 0 Å². The molecule has 1 aliphatic carbocycles. The molecule has 9 nitrogen and oxygen atoms in total. The summed E-state index contributed by atoms with van der Waals surface area (Å²) in [5.74, 6) is -1.53. The smallest absolute Gasteiger partial charge is 0.247 e. The van der Waals surface area contributed by atoms with Crippen molar-refractivity contribution in [2.24, 2.45) is 5.73 Å². The van der Waals surface area contributed by atoms with Gasteiger partial charge in [0.2, 0.25) is 17.7 Å². The average Bonchev–Trinajstić information content (AvgIpc) is 3.05. The molecule has 0 bridgehead atoms. The summed E-state index contributed by atoms with van der Waals surface area (Å²) in [6, 6.07) is -2.08. The SMILES string of the molecule is C[C@@H](NC(=O)C1=C[C@@H](NC(=O)[C@H]2CCCN2)[C@@H](O)[C@H](O)C1)C(N)=O. The molecule has 24 heavy (non-hydrogen) atoms. The molecular formula is C15H24N4O5. The Bertz CT molecular complexity index is 544. The van der Waals surface area contributed by atoms with Gasteiger partial charge in [-0.1, -0.05) is 6.08 Å². The molecule has 1 fully saturated rings. The van der Waals surface area contributed by atoms with E-state index in [-0.39, 0.29) is 23.9 Å². The van der Waals surface area contributed by atoms with Crippen LogP contribution >= 0.6 is 0 Å². The van der Waals surface area contributed by atoms with E-state index in [2.05, 4.69) is 16.0 Å². The van der Waals surface area contributed by atoms with E-state index in [0.29, 0.717) is 6.42 Å². The Morgan fingerprint density at radius 2 is 2.08 bits per heavy atom. The fourth-order valence-corrected chi connectivity index (χ4v) is 2.80. The molecule has 1 heterocycles. The number of hydrogen-bond acceptors (Lipinski definition) is 6. The van der Waals surface area contributed by atoms with Crippen LogP contribution in [0.1, 0.15) is 26.2 Å². The van der Waals surface area contributed by atoms with Gasteiger partial charge in [0, 0.05) is 12.0 Å². The van der Waals surface area contributed by atoms with E-state index in [9.17, 15) is 24.6 Å². The van der Waals surface area contributed by atoms with Gasteiger partial charge in [0.25, 0.3) is 0 Å². The number of nitrogens with one attached hydrogen (secondary N) is 3. The van der Waals surface area contributed by atoms with Crippen molar-refractivity contribution >= 4 is 17.7 Å². The zero-order chi connectivity index (χ0) is 17.9. The fraction of sp³-hybridized carbons (Fsp3) is 0.667. The lowest BCUT2D eigenvalue weighted by molar-refractivity contribution is -0.126. The molecule has 1 saturated heterocycles. The van der Waals surface area contributed by atoms with Gasteiger partial charge in [0.05, 0.1) is 18.2 Å². The Morgan fingerprint density at radius 3 is 2.67 bits per heavy atom. The predicted molar refractivity (Wildman–Crippen MR) is 84.5 cm³/mol. The second kappa shape index (κ2) is 7.73. The molecule has 0 aromatic rings. The summed E-state index contributed by atoms with van der Waals surface area (Å²) in [6.45, 7) is 2.20. The number of primary amides is 1. The van der Waals surface area contributed by atoms with Gasteiger partial charge in [-0.05, 0) is 26.3 Å². The summed E-state index contributed by atoms with van der Waals surface area (Å²) >= 11 is 0. The minimum atomic E-state index is -1.21. The normalized spacial score (nSPS) is 31.0. The molecule has 134 valence electrons. The van der Waals surface area contributed by atoms with Crippen molar-refractivity contribution in [3.8, 4) is 0 Å². The summed E-state index contributed by atoms with van der Waals surface area (Å²) in [4.78, 5) is 35.3. The van der Waals surface area contributed by atoms with Crippen LogP contribution in [0.2, 0.25) is 0 Å². The second-order valence-electron chi connectivity index (χ2n) is 6.23. The summed E-state index contributed by atoms with van der Waals surface area (Å²) in [7, 11) is 0. The lowest BCUT2D eigenvalue weighted by Gasteiger charge is -2.32. The van der Waals surface area contributed by atoms with E-state index < -0.39 is 36.1 Å². The minimum Gasteiger partial charge on any atom is -0.390 e. The maximum atomic E-state index is 12.2. The lowest BCUT2D eigenvalue weighted by Crippen LogP contribution is -2.54. The molecule has 7 N–H and O–H groups in total. The third kappa shape index (κ3) is 4.31. The molecule has 0 aromatic carbocycles. The predicted octanol–water partition coefficient (Wildman–Crippen LogP) is -2.73. The van der Waals surface area contributed by atoms with Crippen LogP contribution in [0.15, 0.2) is 11.6 Å². The van der Waals surface area contributed by atoms with Crippen molar-refractivity contribution in [2.45, 2.75) is 56.5 Å². The van der Waals surface area contributed by atoms with Crippen LogP contribution in [0.3, 0.4) is 0 Å². The minimum absolute atomic E-state index is 0.0769. The molecule has 0 unspecified atom stereocenters. The third-order valence-corrected chi connectivity index (χ3v) is 4.32. The van der Waals surface area contributed by atoms with Gasteiger partial charge < -0.3 is 31.9 Å². The van der Waals surface area contributed by atoms with Crippen LogP contribution in [-0.2, 0) is 14.4 Å². The second-order valence-corrected chi connectivity index (χ2v) is 6.23. The number of carbonyl (C=O) groups excluding carboxylic acids is 3. The van der Waals surface area contributed by atoms with Gasteiger partial charge in [-0.15, -0.1) is 0 Å². The first-order valence-electron chi connectivity index (χ1n) is 8.00. The highest BCUT2D eigenvalue weighted by molar-refractivity contribution is 5.97. The molecule has 1 aliphatic heterocycles. The zero-order valence-corrected chi connectivity index (χ0v) is 13.5. The van der Waals surface area contributed by atoms with Crippen LogP contribution in [0, 0.1) is 0 Å². The van der Waals surface area contributed by atoms with Gasteiger partial charge in [-0.2, -0.15) is 0 Å². The molecule has 3 amide bonds. The third-order valence-electron chi connectivity index (χ3n) is 4.32. The van der Waals surface area contributed by atoms with Gasteiger partial charge in [0.1, 0.15) is 12.1 Å². The molecule has 9 heteroatoms. The molecule has 5 atom stereocenters. The molecule has 0 radical (unpaired) electrons. The van der Waals surface area contributed by atoms with Gasteiger partial charge in [-0.25, -0.2) is 0 Å². The van der Waals surface area contributed by atoms with Crippen LogP contribution in [-0.4, -0.2) is 64.8 Å². The molecule has 0 aromatic heterocycles. The average molecular weight is 340 g/mol. The number of aliphatic hydroxyl groups excluding tert-OH is 2. The van der Waals surface area contributed by atoms with Gasteiger partial charge >= 0.3 is 0 Å². The highest BCUT2D eigenvalue weighted by atomic mass is 16.3. The molecule has 2 aliphatic rings. The Balaban J connectivity index is 2.06. The maximum absolute atomic E-state index is 12.2. The van der Waals surface area contributed by atoms with E-state index in [4.69, 9.17) is 5.73 Å². The quantitative estimate of drug-likeness (QED) is 0.319. The zero-order valence-electron chi connectivity index (χ0n) is 13.5.